The van der Waals surface area contributed by atoms with Gasteiger partial charge >= 0.3 is 0 Å². The number of furan rings is 1. The van der Waals surface area contributed by atoms with Gasteiger partial charge in [-0.25, -0.2) is 4.98 Å². The van der Waals surface area contributed by atoms with E-state index >= 15 is 0 Å². The second-order valence-electron chi connectivity index (χ2n) is 8.31. The van der Waals surface area contributed by atoms with Crippen LogP contribution in [0.5, 0.6) is 0 Å². The molecule has 1 aliphatic heterocycles. The first-order valence-electron chi connectivity index (χ1n) is 9.97. The van der Waals surface area contributed by atoms with Gasteiger partial charge < -0.3 is 9.73 Å². The van der Waals surface area contributed by atoms with Gasteiger partial charge in [0.15, 0.2) is 0 Å². The summed E-state index contributed by atoms with van der Waals surface area (Å²) < 4.78 is 6.87. The lowest BCUT2D eigenvalue weighted by atomic mass is 9.90. The molecule has 0 bridgehead atoms. The summed E-state index contributed by atoms with van der Waals surface area (Å²) in [6, 6.07) is 10.1. The Bertz CT molecular complexity index is 1030. The molecule has 5 nitrogen and oxygen atoms in total. The van der Waals surface area contributed by atoms with Crippen molar-refractivity contribution in [1.29, 1.82) is 0 Å². The second kappa shape index (κ2) is 6.71. The van der Waals surface area contributed by atoms with Crippen molar-refractivity contribution >= 4 is 33.1 Å². The number of fused-ring (bicyclic) bond motifs is 1. The van der Waals surface area contributed by atoms with E-state index in [0.29, 0.717) is 0 Å². The molecule has 1 amide bonds. The number of nitrogens with zero attached hydrogens (tertiary/aromatic N) is 2. The third-order valence-electron chi connectivity index (χ3n) is 6.30. The van der Waals surface area contributed by atoms with E-state index in [0.717, 1.165) is 71.3 Å². The molecule has 2 aliphatic rings. The predicted octanol–water partition coefficient (Wildman–Crippen LogP) is 4.75. The number of hydrogen-bond acceptors (Lipinski definition) is 5. The maximum atomic E-state index is 12.8. The summed E-state index contributed by atoms with van der Waals surface area (Å²) >= 11 is 1.68. The van der Waals surface area contributed by atoms with E-state index < -0.39 is 0 Å². The van der Waals surface area contributed by atoms with Gasteiger partial charge in [-0.15, -0.1) is 11.3 Å². The van der Waals surface area contributed by atoms with Gasteiger partial charge in [-0.3, -0.25) is 9.69 Å². The molecule has 1 spiro atoms. The highest BCUT2D eigenvalue weighted by Crippen LogP contribution is 2.59. The predicted molar refractivity (Wildman–Crippen MR) is 111 cm³/mol. The van der Waals surface area contributed by atoms with Gasteiger partial charge in [0.05, 0.1) is 21.8 Å². The van der Waals surface area contributed by atoms with Crippen LogP contribution in [0.25, 0.3) is 10.2 Å². The fourth-order valence-corrected chi connectivity index (χ4v) is 5.38. The smallest absolute Gasteiger partial charge is 0.228 e. The molecule has 1 aromatic carbocycles. The van der Waals surface area contributed by atoms with Crippen molar-refractivity contribution < 1.29 is 9.21 Å². The van der Waals surface area contributed by atoms with Crippen molar-refractivity contribution in [3.63, 3.8) is 0 Å². The van der Waals surface area contributed by atoms with Crippen LogP contribution >= 0.6 is 11.3 Å². The van der Waals surface area contributed by atoms with Gasteiger partial charge in [0.1, 0.15) is 11.5 Å². The molecule has 2 fully saturated rings. The Morgan fingerprint density at radius 3 is 2.86 bits per heavy atom. The minimum Gasteiger partial charge on any atom is -0.465 e. The summed E-state index contributed by atoms with van der Waals surface area (Å²) in [4.78, 5) is 19.8. The van der Waals surface area contributed by atoms with E-state index in [9.17, 15) is 4.79 Å². The van der Waals surface area contributed by atoms with Gasteiger partial charge in [0.25, 0.3) is 0 Å². The summed E-state index contributed by atoms with van der Waals surface area (Å²) in [5, 5.41) is 4.18. The molecule has 1 atom stereocenters. The lowest BCUT2D eigenvalue weighted by Gasteiger charge is -2.32. The Kier molecular flexibility index (Phi) is 4.29. The lowest BCUT2D eigenvalue weighted by Crippen LogP contribution is -2.35. The number of aromatic nitrogens is 1. The van der Waals surface area contributed by atoms with Crippen molar-refractivity contribution in [3.8, 4) is 0 Å². The van der Waals surface area contributed by atoms with Crippen molar-refractivity contribution in [3.05, 3.63) is 46.9 Å². The van der Waals surface area contributed by atoms with Crippen LogP contribution in [0.1, 0.15) is 35.8 Å². The zero-order valence-electron chi connectivity index (χ0n) is 16.3. The van der Waals surface area contributed by atoms with Crippen molar-refractivity contribution in [2.24, 2.45) is 11.3 Å². The van der Waals surface area contributed by atoms with Crippen LogP contribution < -0.4 is 5.32 Å². The summed E-state index contributed by atoms with van der Waals surface area (Å²) in [7, 11) is 0. The maximum Gasteiger partial charge on any atom is 0.228 e. The second-order valence-corrected chi connectivity index (χ2v) is 9.55. The normalized spacial score (nSPS) is 21.3. The largest absolute Gasteiger partial charge is 0.465 e. The van der Waals surface area contributed by atoms with Crippen LogP contribution in [0, 0.1) is 25.2 Å². The molecule has 28 heavy (non-hydrogen) atoms. The molecule has 1 saturated heterocycles. The van der Waals surface area contributed by atoms with Crippen molar-refractivity contribution in [2.75, 3.05) is 18.4 Å². The molecule has 1 N–H and O–H groups in total. The molecule has 146 valence electrons. The number of piperidine rings is 1. The molecule has 1 saturated carbocycles. The Labute approximate surface area is 168 Å². The number of hydrogen-bond donors (Lipinski definition) is 1. The zero-order chi connectivity index (χ0) is 19.3. The van der Waals surface area contributed by atoms with Gasteiger partial charge in [0.2, 0.25) is 5.91 Å². The quantitative estimate of drug-likeness (QED) is 0.693. The van der Waals surface area contributed by atoms with Crippen LogP contribution in [0.15, 0.2) is 34.7 Å². The number of likely N-dealkylation sites (tertiary alicyclic amines) is 1. The van der Waals surface area contributed by atoms with Gasteiger partial charge in [-0.1, -0.05) is 0 Å². The fraction of sp³-hybridized carbons (Fsp3) is 0.455. The molecule has 6 heteroatoms. The standard InChI is InChI=1S/C22H25N3O2S/c1-14-3-5-17(27-14)13-25-9-7-22(8-10-25)12-18(22)21(26)24-16-4-6-20-19(11-16)23-15(2)28-20/h3-6,11,18H,7-10,12-13H2,1-2H3,(H,24,26). The Morgan fingerprint density at radius 2 is 2.11 bits per heavy atom. The summed E-state index contributed by atoms with van der Waals surface area (Å²) in [5.74, 6) is 2.31. The van der Waals surface area contributed by atoms with E-state index in [2.05, 4.69) is 21.3 Å². The summed E-state index contributed by atoms with van der Waals surface area (Å²) in [6.45, 7) is 6.93. The molecule has 1 unspecified atom stereocenters. The topological polar surface area (TPSA) is 58.4 Å². The molecule has 5 rings (SSSR count). The van der Waals surface area contributed by atoms with E-state index in [1.54, 1.807) is 11.3 Å². The van der Waals surface area contributed by atoms with Crippen LogP contribution in [0.4, 0.5) is 5.69 Å². The molecular weight excluding hydrogens is 370 g/mol. The average Bonchev–Trinajstić information content (AvgIpc) is 2.98. The molecule has 3 aromatic rings. The van der Waals surface area contributed by atoms with Crippen LogP contribution in [-0.2, 0) is 11.3 Å². The SMILES string of the molecule is Cc1ccc(CN2CCC3(CC2)CC3C(=O)Nc2ccc3sc(C)nc3c2)o1. The number of amides is 1. The first-order valence-corrected chi connectivity index (χ1v) is 10.8. The number of benzene rings is 1. The maximum absolute atomic E-state index is 12.8. The highest BCUT2D eigenvalue weighted by molar-refractivity contribution is 7.18. The van der Waals surface area contributed by atoms with Crippen molar-refractivity contribution in [1.82, 2.24) is 9.88 Å². The van der Waals surface area contributed by atoms with Gasteiger partial charge in [0, 0.05) is 11.6 Å². The Balaban J connectivity index is 1.17. The van der Waals surface area contributed by atoms with Crippen LogP contribution in [0.3, 0.4) is 0 Å². The molecular formula is C22H25N3O2S. The third kappa shape index (κ3) is 3.35. The molecule has 1 aliphatic carbocycles. The number of anilines is 1. The van der Waals surface area contributed by atoms with Gasteiger partial charge in [-0.2, -0.15) is 0 Å². The minimum atomic E-state index is 0.147. The first-order chi connectivity index (χ1) is 13.5. The summed E-state index contributed by atoms with van der Waals surface area (Å²) in [5.41, 5.74) is 2.03. The third-order valence-corrected chi connectivity index (χ3v) is 7.25. The van der Waals surface area contributed by atoms with Crippen LogP contribution in [0.2, 0.25) is 0 Å². The fourth-order valence-electron chi connectivity index (χ4n) is 4.57. The van der Waals surface area contributed by atoms with E-state index in [1.165, 1.54) is 0 Å². The zero-order valence-corrected chi connectivity index (χ0v) is 17.1. The number of thiazole rings is 1. The highest BCUT2D eigenvalue weighted by atomic mass is 32.1. The van der Waals surface area contributed by atoms with E-state index in [-0.39, 0.29) is 17.2 Å². The first kappa shape index (κ1) is 17.9. The average molecular weight is 396 g/mol. The Hall–Kier alpha value is -2.18. The lowest BCUT2D eigenvalue weighted by molar-refractivity contribution is -0.118. The summed E-state index contributed by atoms with van der Waals surface area (Å²) in [6.07, 6.45) is 3.20. The molecule has 0 radical (unpaired) electrons. The number of aryl methyl sites for hydroxylation is 2. The van der Waals surface area contributed by atoms with Crippen LogP contribution in [-0.4, -0.2) is 28.9 Å². The van der Waals surface area contributed by atoms with E-state index in [4.69, 9.17) is 4.42 Å². The number of carbonyl (C=O) groups is 1. The molecule has 2 aromatic heterocycles. The number of carbonyl (C=O) groups excluding carboxylic acids is 1. The number of nitrogens with one attached hydrogen (secondary N) is 1. The minimum absolute atomic E-state index is 0.147. The Morgan fingerprint density at radius 1 is 1.29 bits per heavy atom. The number of rotatable bonds is 4. The van der Waals surface area contributed by atoms with Crippen molar-refractivity contribution in [2.45, 2.75) is 39.7 Å². The molecule has 3 heterocycles. The van der Waals surface area contributed by atoms with Gasteiger partial charge in [-0.05, 0) is 81.9 Å². The van der Waals surface area contributed by atoms with E-state index in [1.807, 2.05) is 38.1 Å². The highest BCUT2D eigenvalue weighted by Gasteiger charge is 2.58. The monoisotopic (exact) mass is 395 g/mol.